The van der Waals surface area contributed by atoms with Crippen LogP contribution in [0.4, 0.5) is 8.78 Å². The van der Waals surface area contributed by atoms with E-state index in [0.29, 0.717) is 22.4 Å². The number of rotatable bonds is 6. The lowest BCUT2D eigenvalue weighted by atomic mass is 9.76. The Morgan fingerprint density at radius 3 is 2.15 bits per heavy atom. The normalized spacial score (nSPS) is 20.3. The van der Waals surface area contributed by atoms with Crippen LogP contribution in [-0.4, -0.2) is 38.3 Å². The lowest BCUT2D eigenvalue weighted by Crippen LogP contribution is -2.47. The Bertz CT molecular complexity index is 1670. The van der Waals surface area contributed by atoms with Crippen molar-refractivity contribution in [2.24, 2.45) is 18.7 Å². The minimum Gasteiger partial charge on any atom is -0.368 e. The second kappa shape index (κ2) is 10.9. The third kappa shape index (κ3) is 5.02. The van der Waals surface area contributed by atoms with Crippen molar-refractivity contribution in [3.8, 4) is 0 Å². The summed E-state index contributed by atoms with van der Waals surface area (Å²) in [4.78, 5) is 43.2. The molecule has 1 saturated heterocycles. The number of likely N-dealkylation sites (tertiary alicyclic amines) is 1. The van der Waals surface area contributed by atoms with Crippen molar-refractivity contribution in [1.82, 2.24) is 14.7 Å². The van der Waals surface area contributed by atoms with Crippen LogP contribution in [0.2, 0.25) is 5.15 Å². The number of benzene rings is 3. The van der Waals surface area contributed by atoms with Crippen LogP contribution in [0.3, 0.4) is 0 Å². The molecule has 4 aromatic rings. The van der Waals surface area contributed by atoms with Crippen molar-refractivity contribution >= 4 is 29.2 Å². The lowest BCUT2D eigenvalue weighted by molar-refractivity contribution is -0.122. The maximum absolute atomic E-state index is 14.5. The van der Waals surface area contributed by atoms with Gasteiger partial charge in [-0.3, -0.25) is 19.1 Å². The van der Waals surface area contributed by atoms with Gasteiger partial charge in [-0.2, -0.15) is 5.10 Å². The number of Topliss-reactive ketones (excluding diaryl/α,β-unsaturated/α-hetero) is 1. The van der Waals surface area contributed by atoms with E-state index in [0.717, 1.165) is 11.6 Å². The van der Waals surface area contributed by atoms with Gasteiger partial charge in [-0.1, -0.05) is 53.6 Å². The summed E-state index contributed by atoms with van der Waals surface area (Å²) in [6.45, 7) is 3.53. The number of hydrogen-bond acceptors (Lipinski definition) is 4. The molecule has 41 heavy (non-hydrogen) atoms. The Morgan fingerprint density at radius 1 is 0.902 bits per heavy atom. The molecule has 10 heteroatoms. The topological polar surface area (TPSA) is 98.3 Å². The van der Waals surface area contributed by atoms with Gasteiger partial charge in [0.15, 0.2) is 5.78 Å². The summed E-state index contributed by atoms with van der Waals surface area (Å²) in [5.74, 6) is -5.21. The molecule has 1 aliphatic rings. The molecule has 1 aliphatic heterocycles. The van der Waals surface area contributed by atoms with Crippen molar-refractivity contribution in [1.29, 1.82) is 0 Å². The standard InChI is InChI=1S/C31H27ClF2N4O3/c1-16-6-4-7-19(14-16)28(39)25-24(18-10-12-21(33)13-11-18)27(30(35)40)38(31(41)20-8-5-9-22(34)15-20)26(25)23-17(2)36-37(3)29(23)32/h4-15,24-27H,1-3H3,(H2,35,40). The predicted octanol–water partition coefficient (Wildman–Crippen LogP) is 5.30. The summed E-state index contributed by atoms with van der Waals surface area (Å²) < 4.78 is 29.7. The smallest absolute Gasteiger partial charge is 0.255 e. The number of nitrogens with two attached hydrogens (primary N) is 1. The van der Waals surface area contributed by atoms with E-state index in [4.69, 9.17) is 17.3 Å². The van der Waals surface area contributed by atoms with Crippen molar-refractivity contribution in [3.63, 3.8) is 0 Å². The molecule has 1 fully saturated rings. The highest BCUT2D eigenvalue weighted by molar-refractivity contribution is 6.30. The van der Waals surface area contributed by atoms with E-state index in [1.165, 1.54) is 52.0 Å². The molecule has 7 nitrogen and oxygen atoms in total. The van der Waals surface area contributed by atoms with Gasteiger partial charge in [-0.15, -0.1) is 0 Å². The number of halogens is 3. The average Bonchev–Trinajstić information content (AvgIpc) is 3.40. The zero-order chi connectivity index (χ0) is 29.6. The van der Waals surface area contributed by atoms with E-state index in [1.807, 2.05) is 13.0 Å². The fourth-order valence-electron chi connectivity index (χ4n) is 5.92. The Kier molecular flexibility index (Phi) is 7.48. The van der Waals surface area contributed by atoms with Crippen molar-refractivity contribution in [3.05, 3.63) is 123 Å². The summed E-state index contributed by atoms with van der Waals surface area (Å²) in [5.41, 5.74) is 8.36. The number of ketones is 1. The molecule has 4 atom stereocenters. The number of aryl methyl sites for hydroxylation is 3. The maximum Gasteiger partial charge on any atom is 0.255 e. The number of aromatic nitrogens is 2. The van der Waals surface area contributed by atoms with E-state index in [2.05, 4.69) is 5.10 Å². The molecule has 1 aromatic heterocycles. The van der Waals surface area contributed by atoms with Crippen LogP contribution in [0.1, 0.15) is 55.1 Å². The van der Waals surface area contributed by atoms with E-state index >= 15 is 0 Å². The molecule has 2 heterocycles. The Labute approximate surface area is 240 Å². The summed E-state index contributed by atoms with van der Waals surface area (Å²) in [6, 6.07) is 14.9. The van der Waals surface area contributed by atoms with Gasteiger partial charge in [0.1, 0.15) is 22.8 Å². The molecular weight excluding hydrogens is 550 g/mol. The molecule has 0 aliphatic carbocycles. The maximum atomic E-state index is 14.5. The van der Waals surface area contributed by atoms with Crippen molar-refractivity contribution in [2.45, 2.75) is 31.8 Å². The predicted molar refractivity (Wildman–Crippen MR) is 149 cm³/mol. The van der Waals surface area contributed by atoms with Crippen molar-refractivity contribution < 1.29 is 23.2 Å². The molecule has 2 amide bonds. The molecular formula is C31H27ClF2N4O3. The van der Waals surface area contributed by atoms with Gasteiger partial charge < -0.3 is 10.6 Å². The highest BCUT2D eigenvalue weighted by Crippen LogP contribution is 2.53. The molecule has 0 spiro atoms. The molecule has 5 rings (SSSR count). The van der Waals surface area contributed by atoms with Crippen LogP contribution in [0.25, 0.3) is 0 Å². The number of carbonyl (C=O) groups is 3. The Morgan fingerprint density at radius 2 is 1.56 bits per heavy atom. The summed E-state index contributed by atoms with van der Waals surface area (Å²) in [7, 11) is 1.62. The molecule has 0 bridgehead atoms. The van der Waals surface area contributed by atoms with Gasteiger partial charge in [0.25, 0.3) is 5.91 Å². The van der Waals surface area contributed by atoms with Crippen molar-refractivity contribution in [2.75, 3.05) is 0 Å². The Balaban J connectivity index is 1.83. The first-order valence-electron chi connectivity index (χ1n) is 12.9. The van der Waals surface area contributed by atoms with Gasteiger partial charge in [-0.25, -0.2) is 8.78 Å². The lowest BCUT2D eigenvalue weighted by Gasteiger charge is -2.31. The van der Waals surface area contributed by atoms with Crippen LogP contribution >= 0.6 is 11.6 Å². The van der Waals surface area contributed by atoms with Crippen LogP contribution in [0.15, 0.2) is 72.8 Å². The van der Waals surface area contributed by atoms with E-state index in [1.54, 1.807) is 32.2 Å². The van der Waals surface area contributed by atoms with Crippen LogP contribution in [0, 0.1) is 31.4 Å². The number of hydrogen-bond donors (Lipinski definition) is 1. The highest BCUT2D eigenvalue weighted by Gasteiger charge is 2.58. The van der Waals surface area contributed by atoms with Gasteiger partial charge >= 0.3 is 0 Å². The first kappa shape index (κ1) is 28.2. The first-order valence-corrected chi connectivity index (χ1v) is 13.3. The van der Waals surface area contributed by atoms with Crippen LogP contribution in [0.5, 0.6) is 0 Å². The monoisotopic (exact) mass is 576 g/mol. The van der Waals surface area contributed by atoms with E-state index in [9.17, 15) is 23.2 Å². The number of amides is 2. The largest absolute Gasteiger partial charge is 0.368 e. The fourth-order valence-corrected chi connectivity index (χ4v) is 6.21. The zero-order valence-electron chi connectivity index (χ0n) is 22.5. The first-order chi connectivity index (χ1) is 19.5. The third-order valence-corrected chi connectivity index (χ3v) is 8.06. The van der Waals surface area contributed by atoms with Gasteiger partial charge in [-0.05, 0) is 55.8 Å². The summed E-state index contributed by atoms with van der Waals surface area (Å²) in [5, 5.41) is 4.57. The minimum atomic E-state index is -1.37. The van der Waals surface area contributed by atoms with Crippen LogP contribution in [-0.2, 0) is 11.8 Å². The average molecular weight is 577 g/mol. The van der Waals surface area contributed by atoms with Gasteiger partial charge in [0, 0.05) is 29.7 Å². The highest BCUT2D eigenvalue weighted by atomic mass is 35.5. The van der Waals surface area contributed by atoms with Crippen LogP contribution < -0.4 is 5.73 Å². The fraction of sp³-hybridized carbons (Fsp3) is 0.226. The number of carbonyl (C=O) groups excluding carboxylic acids is 3. The molecule has 2 N–H and O–H groups in total. The quantitative estimate of drug-likeness (QED) is 0.315. The SMILES string of the molecule is Cc1cccc(C(=O)C2C(c3ccc(F)cc3)C(C(N)=O)N(C(=O)c3cccc(F)c3)C2c2c(C)nn(C)c2Cl)c1. The molecule has 0 radical (unpaired) electrons. The number of primary amides is 1. The Hall–Kier alpha value is -4.37. The van der Waals surface area contributed by atoms with Gasteiger partial charge in [0.05, 0.1) is 17.7 Å². The second-order valence-electron chi connectivity index (χ2n) is 10.3. The van der Waals surface area contributed by atoms with E-state index in [-0.39, 0.29) is 16.5 Å². The molecule has 210 valence electrons. The van der Waals surface area contributed by atoms with Gasteiger partial charge in [0.2, 0.25) is 5.91 Å². The molecule has 0 saturated carbocycles. The molecule has 4 unspecified atom stereocenters. The van der Waals surface area contributed by atoms with E-state index < -0.39 is 47.4 Å². The summed E-state index contributed by atoms with van der Waals surface area (Å²) >= 11 is 6.74. The number of nitrogens with zero attached hydrogens (tertiary/aromatic N) is 3. The molecule has 3 aromatic carbocycles. The second-order valence-corrected chi connectivity index (χ2v) is 10.6. The minimum absolute atomic E-state index is 0.0413. The zero-order valence-corrected chi connectivity index (χ0v) is 23.3. The third-order valence-electron chi connectivity index (χ3n) is 7.62. The summed E-state index contributed by atoms with van der Waals surface area (Å²) in [6.07, 6.45) is 0.